The molecule has 5 nitrogen and oxygen atoms in total. The lowest BCUT2D eigenvalue weighted by Crippen LogP contribution is -2.44. The van der Waals surface area contributed by atoms with Crippen LogP contribution < -0.4 is 5.32 Å². The van der Waals surface area contributed by atoms with Crippen molar-refractivity contribution >= 4 is 11.8 Å². The number of hydrogen-bond donors (Lipinski definition) is 1. The molecular weight excluding hydrogens is 266 g/mol. The quantitative estimate of drug-likeness (QED) is 0.749. The molecule has 2 heterocycles. The Hall–Kier alpha value is -0.940. The van der Waals surface area contributed by atoms with E-state index in [4.69, 9.17) is 0 Å². The molecule has 2 aliphatic heterocycles. The summed E-state index contributed by atoms with van der Waals surface area (Å²) in [4.78, 5) is 28.2. The molecule has 0 aromatic heterocycles. The van der Waals surface area contributed by atoms with E-state index in [1.54, 1.807) is 0 Å². The van der Waals surface area contributed by atoms with Crippen molar-refractivity contribution in [1.29, 1.82) is 0 Å². The summed E-state index contributed by atoms with van der Waals surface area (Å²) in [7, 11) is 0. The fourth-order valence-electron chi connectivity index (χ4n) is 3.26. The number of nitrogens with zero attached hydrogens (tertiary/aromatic N) is 2. The second-order valence-electron chi connectivity index (χ2n) is 6.77. The molecule has 5 heteroatoms. The average molecular weight is 295 g/mol. The van der Waals surface area contributed by atoms with Crippen molar-refractivity contribution in [2.24, 2.45) is 5.92 Å². The minimum absolute atomic E-state index is 0.0136. The van der Waals surface area contributed by atoms with E-state index in [-0.39, 0.29) is 23.9 Å². The van der Waals surface area contributed by atoms with Gasteiger partial charge in [0.25, 0.3) is 0 Å². The Kier molecular flexibility index (Phi) is 5.38. The largest absolute Gasteiger partial charge is 0.305 e. The highest BCUT2D eigenvalue weighted by Gasteiger charge is 2.40. The van der Waals surface area contributed by atoms with Gasteiger partial charge in [0.05, 0.1) is 12.5 Å². The molecular formula is C16H29N3O2. The van der Waals surface area contributed by atoms with E-state index in [0.717, 1.165) is 26.1 Å². The molecule has 2 saturated heterocycles. The van der Waals surface area contributed by atoms with Gasteiger partial charge < -0.3 is 10.2 Å². The Morgan fingerprint density at radius 2 is 2.00 bits per heavy atom. The summed E-state index contributed by atoms with van der Waals surface area (Å²) in [5, 5.41) is 3.33. The van der Waals surface area contributed by atoms with Gasteiger partial charge in [-0.15, -0.1) is 0 Å². The predicted molar refractivity (Wildman–Crippen MR) is 82.8 cm³/mol. The van der Waals surface area contributed by atoms with Crippen LogP contribution in [0.5, 0.6) is 0 Å². The minimum atomic E-state index is -0.306. The first-order chi connectivity index (χ1) is 9.93. The molecule has 0 saturated carbocycles. The SMILES string of the molecule is CCC(C)N1C(=O)CC(NCC2CCN(C(C)C)C2)C1=O. The zero-order chi connectivity index (χ0) is 15.6. The lowest BCUT2D eigenvalue weighted by molar-refractivity contribution is -0.141. The van der Waals surface area contributed by atoms with Crippen LogP contribution in [0, 0.1) is 5.92 Å². The third kappa shape index (κ3) is 3.64. The van der Waals surface area contributed by atoms with Crippen LogP contribution in [0.25, 0.3) is 0 Å². The second kappa shape index (κ2) is 6.88. The molecule has 0 aromatic rings. The molecule has 0 aliphatic carbocycles. The standard InChI is InChI=1S/C16H29N3O2/c1-5-12(4)19-15(20)8-14(16(19)21)17-9-13-6-7-18(10-13)11(2)3/h11-14,17H,5-10H2,1-4H3. The topological polar surface area (TPSA) is 52.7 Å². The number of imide groups is 1. The zero-order valence-corrected chi connectivity index (χ0v) is 13.8. The molecule has 2 amide bonds. The van der Waals surface area contributed by atoms with Gasteiger partial charge in [-0.2, -0.15) is 0 Å². The van der Waals surface area contributed by atoms with Gasteiger partial charge in [-0.3, -0.25) is 14.5 Å². The Bertz CT molecular complexity index is 397. The second-order valence-corrected chi connectivity index (χ2v) is 6.77. The molecule has 0 radical (unpaired) electrons. The Morgan fingerprint density at radius 3 is 2.57 bits per heavy atom. The first-order valence-electron chi connectivity index (χ1n) is 8.27. The Labute approximate surface area is 128 Å². The normalized spacial score (nSPS) is 28.9. The summed E-state index contributed by atoms with van der Waals surface area (Å²) in [6.45, 7) is 11.5. The molecule has 21 heavy (non-hydrogen) atoms. The molecule has 0 spiro atoms. The molecule has 0 bridgehead atoms. The van der Waals surface area contributed by atoms with Crippen LogP contribution in [0.2, 0.25) is 0 Å². The number of rotatable bonds is 6. The third-order valence-electron chi connectivity index (χ3n) is 4.92. The van der Waals surface area contributed by atoms with Crippen LogP contribution >= 0.6 is 0 Å². The van der Waals surface area contributed by atoms with Crippen molar-refractivity contribution in [3.8, 4) is 0 Å². The summed E-state index contributed by atoms with van der Waals surface area (Å²) >= 11 is 0. The van der Waals surface area contributed by atoms with E-state index in [1.807, 2.05) is 13.8 Å². The lowest BCUT2D eigenvalue weighted by atomic mass is 10.1. The molecule has 3 atom stereocenters. The van der Waals surface area contributed by atoms with Crippen LogP contribution in [0.1, 0.15) is 47.0 Å². The summed E-state index contributed by atoms with van der Waals surface area (Å²) in [5.41, 5.74) is 0. The molecule has 2 rings (SSSR count). The predicted octanol–water partition coefficient (Wildman–Crippen LogP) is 1.23. The van der Waals surface area contributed by atoms with Crippen LogP contribution in [0.3, 0.4) is 0 Å². The molecule has 0 aromatic carbocycles. The Morgan fingerprint density at radius 1 is 1.29 bits per heavy atom. The van der Waals surface area contributed by atoms with Crippen molar-refractivity contribution in [3.63, 3.8) is 0 Å². The number of amides is 2. The van der Waals surface area contributed by atoms with E-state index in [2.05, 4.69) is 24.1 Å². The van der Waals surface area contributed by atoms with Gasteiger partial charge in [-0.25, -0.2) is 0 Å². The van der Waals surface area contributed by atoms with Gasteiger partial charge in [0.1, 0.15) is 0 Å². The van der Waals surface area contributed by atoms with E-state index in [0.29, 0.717) is 18.4 Å². The van der Waals surface area contributed by atoms with Crippen molar-refractivity contribution < 1.29 is 9.59 Å². The summed E-state index contributed by atoms with van der Waals surface area (Å²) < 4.78 is 0. The number of hydrogen-bond acceptors (Lipinski definition) is 4. The zero-order valence-electron chi connectivity index (χ0n) is 13.8. The monoisotopic (exact) mass is 295 g/mol. The molecule has 120 valence electrons. The summed E-state index contributed by atoms with van der Waals surface area (Å²) in [5.74, 6) is 0.531. The molecule has 1 N–H and O–H groups in total. The maximum atomic E-state index is 12.3. The summed E-state index contributed by atoms with van der Waals surface area (Å²) in [6.07, 6.45) is 2.31. The molecule has 2 fully saturated rings. The Balaban J connectivity index is 1.82. The average Bonchev–Trinajstić information content (AvgIpc) is 3.01. The van der Waals surface area contributed by atoms with Gasteiger partial charge in [-0.05, 0) is 52.6 Å². The highest BCUT2D eigenvalue weighted by molar-refractivity contribution is 6.05. The maximum absolute atomic E-state index is 12.3. The van der Waals surface area contributed by atoms with Gasteiger partial charge in [0.2, 0.25) is 11.8 Å². The van der Waals surface area contributed by atoms with Gasteiger partial charge in [0.15, 0.2) is 0 Å². The smallest absolute Gasteiger partial charge is 0.247 e. The first-order valence-corrected chi connectivity index (χ1v) is 8.27. The van der Waals surface area contributed by atoms with Gasteiger partial charge in [-0.1, -0.05) is 6.92 Å². The number of carbonyl (C=O) groups is 2. The number of carbonyl (C=O) groups excluding carboxylic acids is 2. The van der Waals surface area contributed by atoms with Gasteiger partial charge >= 0.3 is 0 Å². The third-order valence-corrected chi connectivity index (χ3v) is 4.92. The lowest BCUT2D eigenvalue weighted by Gasteiger charge is -2.22. The highest BCUT2D eigenvalue weighted by atomic mass is 16.2. The summed E-state index contributed by atoms with van der Waals surface area (Å²) in [6, 6.07) is 0.296. The fourth-order valence-corrected chi connectivity index (χ4v) is 3.26. The minimum Gasteiger partial charge on any atom is -0.305 e. The first kappa shape index (κ1) is 16.4. The number of likely N-dealkylation sites (tertiary alicyclic amines) is 2. The molecule has 2 aliphatic rings. The maximum Gasteiger partial charge on any atom is 0.247 e. The molecule has 3 unspecified atom stereocenters. The van der Waals surface area contributed by atoms with Crippen LogP contribution in [-0.2, 0) is 9.59 Å². The van der Waals surface area contributed by atoms with Crippen molar-refractivity contribution in [3.05, 3.63) is 0 Å². The van der Waals surface area contributed by atoms with E-state index in [9.17, 15) is 9.59 Å². The van der Waals surface area contributed by atoms with Crippen LogP contribution in [0.4, 0.5) is 0 Å². The van der Waals surface area contributed by atoms with Crippen LogP contribution in [0.15, 0.2) is 0 Å². The van der Waals surface area contributed by atoms with Gasteiger partial charge in [0, 0.05) is 18.6 Å². The number of nitrogens with one attached hydrogen (secondary N) is 1. The van der Waals surface area contributed by atoms with Crippen molar-refractivity contribution in [2.45, 2.75) is 65.1 Å². The van der Waals surface area contributed by atoms with Crippen LogP contribution in [-0.4, -0.2) is 59.4 Å². The van der Waals surface area contributed by atoms with E-state index < -0.39 is 0 Å². The van der Waals surface area contributed by atoms with E-state index in [1.165, 1.54) is 11.3 Å². The van der Waals surface area contributed by atoms with E-state index >= 15 is 0 Å². The highest BCUT2D eigenvalue weighted by Crippen LogP contribution is 2.21. The fraction of sp³-hybridized carbons (Fsp3) is 0.875. The van der Waals surface area contributed by atoms with Crippen molar-refractivity contribution in [2.75, 3.05) is 19.6 Å². The van der Waals surface area contributed by atoms with Crippen molar-refractivity contribution in [1.82, 2.24) is 15.1 Å².